The van der Waals surface area contributed by atoms with Gasteiger partial charge < -0.3 is 9.47 Å². The molecule has 0 saturated heterocycles. The Morgan fingerprint density at radius 3 is 2.12 bits per heavy atom. The summed E-state index contributed by atoms with van der Waals surface area (Å²) in [5.41, 5.74) is 0.929. The topological polar surface area (TPSA) is 35.5 Å². The Morgan fingerprint density at radius 2 is 1.71 bits per heavy atom. The van der Waals surface area contributed by atoms with Crippen LogP contribution < -0.4 is 4.74 Å². The van der Waals surface area contributed by atoms with Gasteiger partial charge >= 0.3 is 5.97 Å². The van der Waals surface area contributed by atoms with E-state index in [4.69, 9.17) is 4.74 Å². The van der Waals surface area contributed by atoms with Crippen LogP contribution in [0.2, 0.25) is 0 Å². The Hall–Kier alpha value is -1.51. The van der Waals surface area contributed by atoms with E-state index in [0.29, 0.717) is 6.42 Å². The molecule has 1 rings (SSSR count). The lowest BCUT2D eigenvalue weighted by Crippen LogP contribution is -2.06. The van der Waals surface area contributed by atoms with E-state index in [0.717, 1.165) is 11.3 Å². The van der Waals surface area contributed by atoms with Crippen LogP contribution >= 0.6 is 0 Å². The second kappa shape index (κ2) is 8.62. The molecule has 0 fully saturated rings. The van der Waals surface area contributed by atoms with Gasteiger partial charge in [-0.25, -0.2) is 0 Å². The van der Waals surface area contributed by atoms with Crippen molar-refractivity contribution >= 4 is 5.97 Å². The number of rotatable bonds is 4. The van der Waals surface area contributed by atoms with Gasteiger partial charge in [0.05, 0.1) is 19.6 Å². The van der Waals surface area contributed by atoms with Gasteiger partial charge in [-0.05, 0) is 31.5 Å². The number of carbonyl (C=O) groups is 1. The van der Waals surface area contributed by atoms with Crippen molar-refractivity contribution in [3.63, 3.8) is 0 Å². The van der Waals surface area contributed by atoms with E-state index in [1.54, 1.807) is 0 Å². The van der Waals surface area contributed by atoms with Gasteiger partial charge in [0.25, 0.3) is 0 Å². The molecule has 0 aliphatic rings. The molecule has 0 saturated carbocycles. The summed E-state index contributed by atoms with van der Waals surface area (Å²) in [5.74, 6) is 0.589. The molecule has 1 aromatic rings. The minimum absolute atomic E-state index is 0.163. The van der Waals surface area contributed by atoms with Gasteiger partial charge in [0.2, 0.25) is 0 Å². The summed E-state index contributed by atoms with van der Waals surface area (Å²) in [6, 6.07) is 7.46. The predicted octanol–water partition coefficient (Wildman–Crippen LogP) is 3.22. The van der Waals surface area contributed by atoms with E-state index < -0.39 is 0 Å². The second-order valence-electron chi connectivity index (χ2n) is 3.56. The Kier molecular flexibility index (Phi) is 7.85. The number of hydrogen-bond acceptors (Lipinski definition) is 3. The SMILES string of the molecule is CC.COC(=O)Cc1ccc(OC(C)C)cc1. The Morgan fingerprint density at radius 1 is 1.18 bits per heavy atom. The smallest absolute Gasteiger partial charge is 0.309 e. The van der Waals surface area contributed by atoms with Crippen LogP contribution in [0.1, 0.15) is 33.3 Å². The number of hydrogen-bond donors (Lipinski definition) is 0. The maximum Gasteiger partial charge on any atom is 0.309 e. The molecule has 0 amide bonds. The maximum atomic E-state index is 11.0. The second-order valence-corrected chi connectivity index (χ2v) is 3.56. The molecular weight excluding hydrogens is 216 g/mol. The molecule has 3 nitrogen and oxygen atoms in total. The Labute approximate surface area is 104 Å². The number of esters is 1. The van der Waals surface area contributed by atoms with Crippen molar-refractivity contribution in [1.29, 1.82) is 0 Å². The van der Waals surface area contributed by atoms with Crippen LogP contribution in [0, 0.1) is 0 Å². The normalized spacial score (nSPS) is 9.29. The zero-order valence-electron chi connectivity index (χ0n) is 11.3. The van der Waals surface area contributed by atoms with E-state index in [1.165, 1.54) is 7.11 Å². The first-order valence-electron chi connectivity index (χ1n) is 5.94. The van der Waals surface area contributed by atoms with Crippen molar-refractivity contribution in [1.82, 2.24) is 0 Å². The van der Waals surface area contributed by atoms with Crippen LogP contribution in [0.4, 0.5) is 0 Å². The molecule has 0 aromatic heterocycles. The average molecular weight is 238 g/mol. The third-order valence-corrected chi connectivity index (χ3v) is 1.87. The third-order valence-electron chi connectivity index (χ3n) is 1.87. The monoisotopic (exact) mass is 238 g/mol. The summed E-state index contributed by atoms with van der Waals surface area (Å²) in [5, 5.41) is 0. The van der Waals surface area contributed by atoms with Gasteiger partial charge in [-0.3, -0.25) is 4.79 Å². The maximum absolute atomic E-state index is 11.0. The number of benzene rings is 1. The van der Waals surface area contributed by atoms with Crippen LogP contribution in [0.25, 0.3) is 0 Å². The van der Waals surface area contributed by atoms with Crippen molar-refractivity contribution in [2.24, 2.45) is 0 Å². The first kappa shape index (κ1) is 15.5. The Bertz CT molecular complexity index is 315. The quantitative estimate of drug-likeness (QED) is 0.755. The van der Waals surface area contributed by atoms with Crippen LogP contribution in [0.5, 0.6) is 5.75 Å². The molecule has 0 N–H and O–H groups in total. The highest BCUT2D eigenvalue weighted by Gasteiger charge is 2.03. The summed E-state index contributed by atoms with van der Waals surface area (Å²) in [7, 11) is 1.39. The largest absolute Gasteiger partial charge is 0.491 e. The summed E-state index contributed by atoms with van der Waals surface area (Å²) >= 11 is 0. The highest BCUT2D eigenvalue weighted by atomic mass is 16.5. The molecule has 0 atom stereocenters. The molecule has 0 spiro atoms. The van der Waals surface area contributed by atoms with Crippen molar-refractivity contribution < 1.29 is 14.3 Å². The lowest BCUT2D eigenvalue weighted by molar-refractivity contribution is -0.139. The number of methoxy groups -OCH3 is 1. The molecule has 0 bridgehead atoms. The van der Waals surface area contributed by atoms with Gasteiger partial charge in [-0.15, -0.1) is 0 Å². The van der Waals surface area contributed by atoms with E-state index in [9.17, 15) is 4.79 Å². The highest BCUT2D eigenvalue weighted by molar-refractivity contribution is 5.72. The minimum atomic E-state index is -0.229. The van der Waals surface area contributed by atoms with Crippen LogP contribution in [0.15, 0.2) is 24.3 Å². The zero-order valence-corrected chi connectivity index (χ0v) is 11.3. The standard InChI is InChI=1S/C12H16O3.C2H6/c1-9(2)15-11-6-4-10(5-7-11)8-12(13)14-3;1-2/h4-7,9H,8H2,1-3H3;1-2H3. The summed E-state index contributed by atoms with van der Waals surface area (Å²) in [4.78, 5) is 11.0. The molecule has 96 valence electrons. The highest BCUT2D eigenvalue weighted by Crippen LogP contribution is 2.14. The van der Waals surface area contributed by atoms with Crippen molar-refractivity contribution in [2.45, 2.75) is 40.2 Å². The third kappa shape index (κ3) is 6.61. The Balaban J connectivity index is 0.00000121. The van der Waals surface area contributed by atoms with Gasteiger partial charge in [0.1, 0.15) is 5.75 Å². The fraction of sp³-hybridized carbons (Fsp3) is 0.500. The molecule has 0 aliphatic carbocycles. The van der Waals surface area contributed by atoms with E-state index in [-0.39, 0.29) is 12.1 Å². The molecule has 3 heteroatoms. The first-order chi connectivity index (χ1) is 8.11. The molecule has 0 radical (unpaired) electrons. The fourth-order valence-electron chi connectivity index (χ4n) is 1.20. The molecular formula is C14H22O3. The summed E-state index contributed by atoms with van der Waals surface area (Å²) in [6.07, 6.45) is 0.467. The first-order valence-corrected chi connectivity index (χ1v) is 5.94. The molecule has 1 aromatic carbocycles. The molecule has 0 aliphatic heterocycles. The van der Waals surface area contributed by atoms with Gasteiger partial charge in [-0.1, -0.05) is 26.0 Å². The van der Waals surface area contributed by atoms with Gasteiger partial charge in [-0.2, -0.15) is 0 Å². The fourth-order valence-corrected chi connectivity index (χ4v) is 1.20. The van der Waals surface area contributed by atoms with Crippen molar-refractivity contribution in [3.05, 3.63) is 29.8 Å². The lowest BCUT2D eigenvalue weighted by atomic mass is 10.1. The summed E-state index contributed by atoms with van der Waals surface area (Å²) in [6.45, 7) is 7.95. The van der Waals surface area contributed by atoms with Crippen molar-refractivity contribution in [3.8, 4) is 5.75 Å². The van der Waals surface area contributed by atoms with Crippen LogP contribution in [-0.2, 0) is 16.0 Å². The summed E-state index contributed by atoms with van der Waals surface area (Å²) < 4.78 is 10.1. The van der Waals surface area contributed by atoms with E-state index in [2.05, 4.69) is 4.74 Å². The predicted molar refractivity (Wildman–Crippen MR) is 69.3 cm³/mol. The van der Waals surface area contributed by atoms with Gasteiger partial charge in [0.15, 0.2) is 0 Å². The van der Waals surface area contributed by atoms with Crippen molar-refractivity contribution in [2.75, 3.05) is 7.11 Å². The van der Waals surface area contributed by atoms with E-state index >= 15 is 0 Å². The molecule has 17 heavy (non-hydrogen) atoms. The van der Waals surface area contributed by atoms with Crippen LogP contribution in [0.3, 0.4) is 0 Å². The van der Waals surface area contributed by atoms with Crippen LogP contribution in [-0.4, -0.2) is 19.2 Å². The zero-order chi connectivity index (χ0) is 13.3. The molecule has 0 unspecified atom stereocenters. The van der Waals surface area contributed by atoms with E-state index in [1.807, 2.05) is 52.0 Å². The minimum Gasteiger partial charge on any atom is -0.491 e. The number of carbonyl (C=O) groups excluding carboxylic acids is 1. The van der Waals surface area contributed by atoms with Gasteiger partial charge in [0, 0.05) is 0 Å². The molecule has 0 heterocycles. The average Bonchev–Trinajstić information content (AvgIpc) is 2.33. The lowest BCUT2D eigenvalue weighted by Gasteiger charge is -2.09. The number of ether oxygens (including phenoxy) is 2.